The van der Waals surface area contributed by atoms with Crippen LogP contribution >= 0.6 is 11.8 Å². The summed E-state index contributed by atoms with van der Waals surface area (Å²) in [4.78, 5) is 0.302. The SMILES string of the molecule is Cc1ccc(-n2nnnc2SCc2cccc(S(=O)(=O)N3CCOCC3)c2)c(C)c1. The van der Waals surface area contributed by atoms with E-state index in [-0.39, 0.29) is 0 Å². The molecule has 10 heteroatoms. The van der Waals surface area contributed by atoms with Crippen LogP contribution in [0.3, 0.4) is 0 Å². The highest BCUT2D eigenvalue weighted by Gasteiger charge is 2.26. The number of morpholine rings is 1. The topological polar surface area (TPSA) is 90.2 Å². The van der Waals surface area contributed by atoms with E-state index in [1.807, 2.05) is 32.0 Å². The van der Waals surface area contributed by atoms with Crippen molar-refractivity contribution in [1.82, 2.24) is 24.5 Å². The van der Waals surface area contributed by atoms with Crippen LogP contribution in [0, 0.1) is 13.8 Å². The summed E-state index contributed by atoms with van der Waals surface area (Å²) < 4.78 is 34.3. The van der Waals surface area contributed by atoms with Gasteiger partial charge in [-0.15, -0.1) is 5.10 Å². The lowest BCUT2D eigenvalue weighted by molar-refractivity contribution is 0.0730. The number of tetrazole rings is 1. The first-order valence-corrected chi connectivity index (χ1v) is 12.0. The van der Waals surface area contributed by atoms with Gasteiger partial charge in [-0.3, -0.25) is 0 Å². The molecule has 0 N–H and O–H groups in total. The van der Waals surface area contributed by atoms with Crippen molar-refractivity contribution in [3.63, 3.8) is 0 Å². The van der Waals surface area contributed by atoms with E-state index in [0.29, 0.717) is 42.1 Å². The molecule has 1 aliphatic rings. The molecule has 2 heterocycles. The van der Waals surface area contributed by atoms with Gasteiger partial charge in [0.25, 0.3) is 0 Å². The molecule has 0 bridgehead atoms. The van der Waals surface area contributed by atoms with Gasteiger partial charge in [-0.25, -0.2) is 8.42 Å². The molecule has 8 nitrogen and oxygen atoms in total. The van der Waals surface area contributed by atoms with Crippen molar-refractivity contribution < 1.29 is 13.2 Å². The highest BCUT2D eigenvalue weighted by Crippen LogP contribution is 2.26. The fraction of sp³-hybridized carbons (Fsp3) is 0.350. The molecular weight excluding hydrogens is 422 g/mol. The summed E-state index contributed by atoms with van der Waals surface area (Å²) >= 11 is 1.47. The number of ether oxygens (including phenoxy) is 1. The zero-order chi connectivity index (χ0) is 21.1. The van der Waals surface area contributed by atoms with Crippen LogP contribution in [-0.4, -0.2) is 59.2 Å². The molecule has 0 saturated carbocycles. The van der Waals surface area contributed by atoms with E-state index in [1.165, 1.54) is 21.6 Å². The number of sulfonamides is 1. The Morgan fingerprint density at radius 3 is 2.67 bits per heavy atom. The average molecular weight is 446 g/mol. The highest BCUT2D eigenvalue weighted by molar-refractivity contribution is 7.98. The minimum Gasteiger partial charge on any atom is -0.379 e. The number of aromatic nitrogens is 4. The monoisotopic (exact) mass is 445 g/mol. The van der Waals surface area contributed by atoms with Crippen LogP contribution in [0.4, 0.5) is 0 Å². The first-order valence-electron chi connectivity index (χ1n) is 9.61. The third-order valence-corrected chi connectivity index (χ3v) is 7.78. The molecular formula is C20H23N5O3S2. The predicted octanol–water partition coefficient (Wildman–Crippen LogP) is 2.59. The summed E-state index contributed by atoms with van der Waals surface area (Å²) in [6.07, 6.45) is 0. The molecule has 1 saturated heterocycles. The number of benzene rings is 2. The largest absolute Gasteiger partial charge is 0.379 e. The second kappa shape index (κ2) is 8.84. The van der Waals surface area contributed by atoms with E-state index < -0.39 is 10.0 Å². The number of nitrogens with zero attached hydrogens (tertiary/aromatic N) is 5. The van der Waals surface area contributed by atoms with Crippen LogP contribution in [0.1, 0.15) is 16.7 Å². The zero-order valence-corrected chi connectivity index (χ0v) is 18.5. The molecule has 0 radical (unpaired) electrons. The molecule has 3 aromatic rings. The molecule has 2 aromatic carbocycles. The van der Waals surface area contributed by atoms with Crippen molar-refractivity contribution in [3.8, 4) is 5.69 Å². The molecule has 1 aromatic heterocycles. The van der Waals surface area contributed by atoms with Gasteiger partial charge in [0, 0.05) is 18.8 Å². The summed E-state index contributed by atoms with van der Waals surface area (Å²) in [6.45, 7) is 5.69. The van der Waals surface area contributed by atoms with Crippen LogP contribution in [0.5, 0.6) is 0 Å². The minimum absolute atomic E-state index is 0.302. The quantitative estimate of drug-likeness (QED) is 0.539. The Bertz CT molecular complexity index is 1140. The van der Waals surface area contributed by atoms with Crippen LogP contribution in [-0.2, 0) is 20.5 Å². The molecule has 1 aliphatic heterocycles. The molecule has 0 unspecified atom stereocenters. The third kappa shape index (κ3) is 4.41. The first kappa shape index (κ1) is 21.0. The average Bonchev–Trinajstić information content (AvgIpc) is 3.21. The molecule has 0 aliphatic carbocycles. The van der Waals surface area contributed by atoms with Gasteiger partial charge in [0.05, 0.1) is 23.8 Å². The summed E-state index contributed by atoms with van der Waals surface area (Å²) in [6, 6.07) is 13.2. The van der Waals surface area contributed by atoms with E-state index in [9.17, 15) is 8.42 Å². The standard InChI is InChI=1S/C20H23N5O3S2/c1-15-6-7-19(16(2)12-15)25-20(21-22-23-25)29-14-17-4-3-5-18(13-17)30(26,27)24-8-10-28-11-9-24/h3-7,12-13H,8-11,14H2,1-2H3. The van der Waals surface area contributed by atoms with Crippen LogP contribution in [0.2, 0.25) is 0 Å². The van der Waals surface area contributed by atoms with E-state index in [2.05, 4.69) is 21.6 Å². The minimum atomic E-state index is -3.52. The summed E-state index contributed by atoms with van der Waals surface area (Å²) in [5, 5.41) is 12.7. The fourth-order valence-corrected chi connectivity index (χ4v) is 5.65. The van der Waals surface area contributed by atoms with Gasteiger partial charge < -0.3 is 4.74 Å². The van der Waals surface area contributed by atoms with E-state index in [1.54, 1.807) is 22.9 Å². The maximum Gasteiger partial charge on any atom is 0.243 e. The molecule has 1 fully saturated rings. The lowest BCUT2D eigenvalue weighted by Crippen LogP contribution is -2.40. The Morgan fingerprint density at radius 1 is 1.10 bits per heavy atom. The van der Waals surface area contributed by atoms with Gasteiger partial charge in [0.1, 0.15) is 0 Å². The number of hydrogen-bond donors (Lipinski definition) is 0. The van der Waals surface area contributed by atoms with Crippen molar-refractivity contribution in [3.05, 3.63) is 59.2 Å². The van der Waals surface area contributed by atoms with Gasteiger partial charge in [-0.05, 0) is 53.6 Å². The normalized spacial score (nSPS) is 15.4. The van der Waals surface area contributed by atoms with E-state index in [4.69, 9.17) is 4.74 Å². The maximum absolute atomic E-state index is 12.9. The molecule has 0 amide bonds. The van der Waals surface area contributed by atoms with E-state index in [0.717, 1.165) is 16.8 Å². The van der Waals surface area contributed by atoms with Crippen molar-refractivity contribution in [1.29, 1.82) is 0 Å². The number of rotatable bonds is 6. The Morgan fingerprint density at radius 2 is 1.90 bits per heavy atom. The van der Waals surface area contributed by atoms with Gasteiger partial charge in [-0.1, -0.05) is 41.6 Å². The lowest BCUT2D eigenvalue weighted by atomic mass is 10.1. The third-order valence-electron chi connectivity index (χ3n) is 4.90. The summed E-state index contributed by atoms with van der Waals surface area (Å²) in [5.41, 5.74) is 4.08. The fourth-order valence-electron chi connectivity index (χ4n) is 3.34. The van der Waals surface area contributed by atoms with Gasteiger partial charge >= 0.3 is 0 Å². The van der Waals surface area contributed by atoms with Crippen LogP contribution in [0.25, 0.3) is 5.69 Å². The zero-order valence-electron chi connectivity index (χ0n) is 16.9. The lowest BCUT2D eigenvalue weighted by Gasteiger charge is -2.26. The number of aryl methyl sites for hydroxylation is 2. The maximum atomic E-state index is 12.9. The Balaban J connectivity index is 1.52. The smallest absolute Gasteiger partial charge is 0.243 e. The molecule has 4 rings (SSSR count). The molecule has 158 valence electrons. The predicted molar refractivity (Wildman–Crippen MR) is 114 cm³/mol. The number of hydrogen-bond acceptors (Lipinski definition) is 7. The summed E-state index contributed by atoms with van der Waals surface area (Å²) in [5.74, 6) is 0.553. The van der Waals surface area contributed by atoms with Crippen molar-refractivity contribution in [2.75, 3.05) is 26.3 Å². The van der Waals surface area contributed by atoms with Crippen LogP contribution < -0.4 is 0 Å². The molecule has 30 heavy (non-hydrogen) atoms. The van der Waals surface area contributed by atoms with Gasteiger partial charge in [0.15, 0.2) is 0 Å². The molecule has 0 spiro atoms. The summed E-state index contributed by atoms with van der Waals surface area (Å²) in [7, 11) is -3.52. The number of thioether (sulfide) groups is 1. The van der Waals surface area contributed by atoms with Gasteiger partial charge in [-0.2, -0.15) is 8.99 Å². The van der Waals surface area contributed by atoms with Crippen LogP contribution in [0.15, 0.2) is 52.5 Å². The van der Waals surface area contributed by atoms with Crippen molar-refractivity contribution >= 4 is 21.8 Å². The Hall–Kier alpha value is -2.27. The molecule has 0 atom stereocenters. The second-order valence-corrected chi connectivity index (χ2v) is 10.00. The van der Waals surface area contributed by atoms with Gasteiger partial charge in [0.2, 0.25) is 15.2 Å². The Kier molecular flexibility index (Phi) is 6.19. The van der Waals surface area contributed by atoms with Crippen molar-refractivity contribution in [2.45, 2.75) is 29.7 Å². The Labute approximate surface area is 180 Å². The van der Waals surface area contributed by atoms with E-state index >= 15 is 0 Å². The first-order chi connectivity index (χ1) is 14.4. The second-order valence-electron chi connectivity index (χ2n) is 7.12. The highest BCUT2D eigenvalue weighted by atomic mass is 32.2. The van der Waals surface area contributed by atoms with Crippen molar-refractivity contribution in [2.24, 2.45) is 0 Å².